The Kier molecular flexibility index (Phi) is 3.46. The Hall–Kier alpha value is -2.09. The molecular formula is C11H6F3NO. The van der Waals surface area contributed by atoms with Crippen molar-refractivity contribution in [2.75, 3.05) is 0 Å². The molecule has 0 spiro atoms. The van der Waals surface area contributed by atoms with Crippen LogP contribution in [0.1, 0.15) is 11.1 Å². The number of hydrogen-bond acceptors (Lipinski definition) is 2. The predicted molar refractivity (Wildman–Crippen MR) is 51.1 cm³/mol. The molecule has 0 radical (unpaired) electrons. The van der Waals surface area contributed by atoms with Gasteiger partial charge in [0.2, 0.25) is 0 Å². The minimum Gasteiger partial charge on any atom is -0.297 e. The molecule has 0 aliphatic carbocycles. The third kappa shape index (κ3) is 2.95. The van der Waals surface area contributed by atoms with E-state index in [9.17, 15) is 18.0 Å². The van der Waals surface area contributed by atoms with Gasteiger partial charge < -0.3 is 0 Å². The second-order valence-electron chi connectivity index (χ2n) is 2.95. The Bertz CT molecular complexity index is 452. The van der Waals surface area contributed by atoms with E-state index in [0.29, 0.717) is 11.8 Å². The molecule has 82 valence electrons. The van der Waals surface area contributed by atoms with Gasteiger partial charge in [-0.05, 0) is 23.8 Å². The number of carbonyl (C=O) groups is 1. The molecule has 0 fully saturated rings. The molecule has 0 aromatic heterocycles. The lowest BCUT2D eigenvalue weighted by Gasteiger charge is -2.05. The van der Waals surface area contributed by atoms with Gasteiger partial charge in [0.1, 0.15) is 6.07 Å². The highest BCUT2D eigenvalue weighted by atomic mass is 19.4. The van der Waals surface area contributed by atoms with Gasteiger partial charge in [-0.25, -0.2) is 0 Å². The molecule has 0 bridgehead atoms. The third-order valence-electron chi connectivity index (χ3n) is 1.82. The fourth-order valence-electron chi connectivity index (χ4n) is 1.04. The highest BCUT2D eigenvalue weighted by molar-refractivity contribution is 5.86. The highest BCUT2D eigenvalue weighted by Gasteiger charge is 2.29. The lowest BCUT2D eigenvalue weighted by Crippen LogP contribution is -2.04. The molecule has 5 heteroatoms. The summed E-state index contributed by atoms with van der Waals surface area (Å²) in [4.78, 5) is 10.3. The smallest absolute Gasteiger partial charge is 0.297 e. The van der Waals surface area contributed by atoms with Crippen molar-refractivity contribution < 1.29 is 18.0 Å². The van der Waals surface area contributed by atoms with E-state index in [4.69, 9.17) is 5.26 Å². The van der Waals surface area contributed by atoms with E-state index in [-0.39, 0.29) is 5.57 Å². The van der Waals surface area contributed by atoms with Gasteiger partial charge >= 0.3 is 6.18 Å². The molecule has 0 aliphatic heterocycles. The first-order valence-electron chi connectivity index (χ1n) is 4.21. The van der Waals surface area contributed by atoms with Crippen LogP contribution >= 0.6 is 0 Å². The van der Waals surface area contributed by atoms with Gasteiger partial charge in [-0.2, -0.15) is 18.4 Å². The minimum absolute atomic E-state index is 0.139. The maximum Gasteiger partial charge on any atom is 0.416 e. The SMILES string of the molecule is N#C/C(C=O)=C\c1ccc(C(F)(F)F)cc1. The van der Waals surface area contributed by atoms with Crippen molar-refractivity contribution in [2.45, 2.75) is 6.18 Å². The van der Waals surface area contributed by atoms with Crippen molar-refractivity contribution in [1.29, 1.82) is 5.26 Å². The number of hydrogen-bond donors (Lipinski definition) is 0. The number of benzene rings is 1. The maximum atomic E-state index is 12.2. The Balaban J connectivity index is 3.01. The van der Waals surface area contributed by atoms with Crippen molar-refractivity contribution in [3.8, 4) is 6.07 Å². The number of alkyl halides is 3. The van der Waals surface area contributed by atoms with E-state index in [2.05, 4.69) is 0 Å². The zero-order valence-electron chi connectivity index (χ0n) is 7.95. The van der Waals surface area contributed by atoms with Crippen molar-refractivity contribution in [3.63, 3.8) is 0 Å². The lowest BCUT2D eigenvalue weighted by molar-refractivity contribution is -0.137. The Morgan fingerprint density at radius 2 is 1.81 bits per heavy atom. The van der Waals surface area contributed by atoms with Crippen molar-refractivity contribution in [3.05, 3.63) is 41.0 Å². The van der Waals surface area contributed by atoms with Gasteiger partial charge in [0.25, 0.3) is 0 Å². The fourth-order valence-corrected chi connectivity index (χ4v) is 1.04. The first kappa shape index (κ1) is 12.0. The second kappa shape index (κ2) is 4.62. The van der Waals surface area contributed by atoms with Crippen molar-refractivity contribution >= 4 is 12.4 Å². The summed E-state index contributed by atoms with van der Waals surface area (Å²) < 4.78 is 36.6. The molecule has 0 heterocycles. The van der Waals surface area contributed by atoms with Gasteiger partial charge in [0, 0.05) is 0 Å². The summed E-state index contributed by atoms with van der Waals surface area (Å²) in [6.45, 7) is 0. The zero-order valence-corrected chi connectivity index (χ0v) is 7.95. The monoisotopic (exact) mass is 225 g/mol. The van der Waals surface area contributed by atoms with Crippen LogP contribution in [0.15, 0.2) is 29.8 Å². The van der Waals surface area contributed by atoms with Gasteiger partial charge in [0.05, 0.1) is 11.1 Å². The van der Waals surface area contributed by atoms with Crippen LogP contribution in [0.4, 0.5) is 13.2 Å². The maximum absolute atomic E-state index is 12.2. The first-order chi connectivity index (χ1) is 7.47. The van der Waals surface area contributed by atoms with Crippen LogP contribution in [0.2, 0.25) is 0 Å². The van der Waals surface area contributed by atoms with Crippen LogP contribution < -0.4 is 0 Å². The lowest BCUT2D eigenvalue weighted by atomic mass is 10.1. The van der Waals surface area contributed by atoms with Crippen LogP contribution in [-0.4, -0.2) is 6.29 Å². The molecule has 0 atom stereocenters. The summed E-state index contributed by atoms with van der Waals surface area (Å²) in [5.41, 5.74) is -0.536. The molecule has 1 aromatic rings. The number of allylic oxidation sites excluding steroid dienone is 1. The van der Waals surface area contributed by atoms with Crippen molar-refractivity contribution in [2.24, 2.45) is 0 Å². The molecule has 0 N–H and O–H groups in total. The average Bonchev–Trinajstić information content (AvgIpc) is 2.25. The molecule has 0 saturated carbocycles. The predicted octanol–water partition coefficient (Wildman–Crippen LogP) is 2.81. The number of nitriles is 1. The van der Waals surface area contributed by atoms with E-state index < -0.39 is 11.7 Å². The minimum atomic E-state index is -4.38. The van der Waals surface area contributed by atoms with E-state index in [0.717, 1.165) is 12.1 Å². The molecule has 0 saturated heterocycles. The van der Waals surface area contributed by atoms with Gasteiger partial charge in [-0.3, -0.25) is 4.79 Å². The van der Waals surface area contributed by atoms with E-state index >= 15 is 0 Å². The van der Waals surface area contributed by atoms with Gasteiger partial charge in [-0.15, -0.1) is 0 Å². The molecule has 16 heavy (non-hydrogen) atoms. The summed E-state index contributed by atoms with van der Waals surface area (Å²) >= 11 is 0. The first-order valence-corrected chi connectivity index (χ1v) is 4.21. The summed E-state index contributed by atoms with van der Waals surface area (Å²) in [5.74, 6) is 0. The summed E-state index contributed by atoms with van der Waals surface area (Å²) in [6, 6.07) is 5.80. The van der Waals surface area contributed by atoms with E-state index in [1.807, 2.05) is 0 Å². The molecule has 0 amide bonds. The third-order valence-corrected chi connectivity index (χ3v) is 1.82. The van der Waals surface area contributed by atoms with Crippen LogP contribution in [0.3, 0.4) is 0 Å². The standard InChI is InChI=1S/C11H6F3NO/c12-11(13,14)10-3-1-8(2-4-10)5-9(6-15)7-16/h1-5,7H/b9-5+. The van der Waals surface area contributed by atoms with Crippen LogP contribution in [0.25, 0.3) is 6.08 Å². The molecule has 1 rings (SSSR count). The second-order valence-corrected chi connectivity index (χ2v) is 2.95. The topological polar surface area (TPSA) is 40.9 Å². The highest BCUT2D eigenvalue weighted by Crippen LogP contribution is 2.29. The van der Waals surface area contributed by atoms with Crippen LogP contribution in [-0.2, 0) is 11.0 Å². The van der Waals surface area contributed by atoms with E-state index in [1.54, 1.807) is 6.07 Å². The molecular weight excluding hydrogens is 219 g/mol. The Labute approximate surface area is 89.6 Å². The summed E-state index contributed by atoms with van der Waals surface area (Å²) in [6.07, 6.45) is -2.82. The number of aldehydes is 1. The number of nitrogens with zero attached hydrogens (tertiary/aromatic N) is 1. The average molecular weight is 225 g/mol. The fraction of sp³-hybridized carbons (Fsp3) is 0.0909. The number of carbonyl (C=O) groups excluding carboxylic acids is 1. The quantitative estimate of drug-likeness (QED) is 0.441. The van der Waals surface area contributed by atoms with Gasteiger partial charge in [-0.1, -0.05) is 12.1 Å². The normalized spacial score (nSPS) is 12.0. The molecule has 2 nitrogen and oxygen atoms in total. The van der Waals surface area contributed by atoms with Crippen LogP contribution in [0, 0.1) is 11.3 Å². The van der Waals surface area contributed by atoms with Gasteiger partial charge in [0.15, 0.2) is 6.29 Å². The largest absolute Gasteiger partial charge is 0.416 e. The molecule has 0 unspecified atom stereocenters. The van der Waals surface area contributed by atoms with Crippen molar-refractivity contribution in [1.82, 2.24) is 0 Å². The Morgan fingerprint density at radius 3 is 2.19 bits per heavy atom. The Morgan fingerprint density at radius 1 is 1.25 bits per heavy atom. The number of rotatable bonds is 2. The number of halogens is 3. The van der Waals surface area contributed by atoms with Crippen LogP contribution in [0.5, 0.6) is 0 Å². The summed E-state index contributed by atoms with van der Waals surface area (Å²) in [5, 5.41) is 8.44. The molecule has 1 aromatic carbocycles. The molecule has 0 aliphatic rings. The van der Waals surface area contributed by atoms with E-state index in [1.165, 1.54) is 18.2 Å². The zero-order chi connectivity index (χ0) is 12.2. The summed E-state index contributed by atoms with van der Waals surface area (Å²) in [7, 11) is 0.